The Morgan fingerprint density at radius 1 is 0.875 bits per heavy atom. The summed E-state index contributed by atoms with van der Waals surface area (Å²) in [6, 6.07) is 20.1. The molecule has 24 heavy (non-hydrogen) atoms. The van der Waals surface area contributed by atoms with Gasteiger partial charge in [0.05, 0.1) is 8.80 Å². The third-order valence-electron chi connectivity index (χ3n) is 5.29. The Morgan fingerprint density at radius 2 is 1.46 bits per heavy atom. The molecule has 3 aromatic rings. The SMILES string of the molecule is CCC1=C(c2c3ccccc3cc3ccccc23)CC=C1[SiH](C)C. The third kappa shape index (κ3) is 2.35. The lowest BCUT2D eigenvalue weighted by Crippen LogP contribution is -2.06. The first kappa shape index (κ1) is 15.4. The summed E-state index contributed by atoms with van der Waals surface area (Å²) in [5, 5.41) is 7.19. The van der Waals surface area contributed by atoms with Crippen LogP contribution in [0.1, 0.15) is 25.3 Å². The van der Waals surface area contributed by atoms with Gasteiger partial charge in [-0.2, -0.15) is 0 Å². The molecule has 1 aliphatic carbocycles. The minimum absolute atomic E-state index is 0.782. The van der Waals surface area contributed by atoms with Gasteiger partial charge >= 0.3 is 0 Å². The molecule has 0 radical (unpaired) electrons. The zero-order chi connectivity index (χ0) is 16.7. The van der Waals surface area contributed by atoms with Crippen LogP contribution in [0, 0.1) is 0 Å². The van der Waals surface area contributed by atoms with Gasteiger partial charge in [-0.1, -0.05) is 79.8 Å². The molecule has 0 saturated heterocycles. The Bertz CT molecular complexity index is 935. The van der Waals surface area contributed by atoms with Crippen LogP contribution in [-0.4, -0.2) is 8.80 Å². The molecule has 4 rings (SSSR count). The predicted octanol–water partition coefficient (Wildman–Crippen LogP) is 6.51. The van der Waals surface area contributed by atoms with Crippen molar-refractivity contribution < 1.29 is 0 Å². The van der Waals surface area contributed by atoms with E-state index in [9.17, 15) is 0 Å². The van der Waals surface area contributed by atoms with Crippen molar-refractivity contribution in [3.63, 3.8) is 0 Å². The van der Waals surface area contributed by atoms with Crippen molar-refractivity contribution in [2.24, 2.45) is 0 Å². The summed E-state index contributed by atoms with van der Waals surface area (Å²) in [5.41, 5.74) is 4.67. The van der Waals surface area contributed by atoms with Crippen molar-refractivity contribution in [2.75, 3.05) is 0 Å². The van der Waals surface area contributed by atoms with Crippen molar-refractivity contribution in [3.8, 4) is 0 Å². The van der Waals surface area contributed by atoms with E-state index in [0.717, 1.165) is 12.8 Å². The second kappa shape index (κ2) is 6.07. The Balaban J connectivity index is 2.10. The van der Waals surface area contributed by atoms with E-state index in [4.69, 9.17) is 0 Å². The largest absolute Gasteiger partial charge is 0.0809 e. The van der Waals surface area contributed by atoms with E-state index in [2.05, 4.69) is 80.7 Å². The highest BCUT2D eigenvalue weighted by Gasteiger charge is 2.22. The van der Waals surface area contributed by atoms with Crippen LogP contribution in [0.15, 0.2) is 71.4 Å². The zero-order valence-corrected chi connectivity index (χ0v) is 15.9. The Labute approximate surface area is 146 Å². The smallest absolute Gasteiger partial charge is 0.0647 e. The first-order valence-electron chi connectivity index (χ1n) is 9.04. The molecule has 0 N–H and O–H groups in total. The maximum atomic E-state index is 2.52. The molecule has 0 nitrogen and oxygen atoms in total. The van der Waals surface area contributed by atoms with E-state index in [1.807, 2.05) is 0 Å². The third-order valence-corrected chi connectivity index (χ3v) is 7.12. The molecular weight excluding hydrogens is 304 g/mol. The number of benzene rings is 3. The Kier molecular flexibility index (Phi) is 3.89. The highest BCUT2D eigenvalue weighted by Crippen LogP contribution is 2.42. The molecule has 120 valence electrons. The van der Waals surface area contributed by atoms with Crippen LogP contribution >= 0.6 is 0 Å². The zero-order valence-electron chi connectivity index (χ0n) is 14.8. The van der Waals surface area contributed by atoms with Crippen LogP contribution in [0.4, 0.5) is 0 Å². The second-order valence-corrected chi connectivity index (χ2v) is 9.95. The van der Waals surface area contributed by atoms with Gasteiger partial charge in [0.1, 0.15) is 0 Å². The average Bonchev–Trinajstić information content (AvgIpc) is 3.03. The van der Waals surface area contributed by atoms with Gasteiger partial charge < -0.3 is 0 Å². The van der Waals surface area contributed by atoms with E-state index in [-0.39, 0.29) is 0 Å². The lowest BCUT2D eigenvalue weighted by atomic mass is 9.89. The molecule has 1 heteroatoms. The molecule has 0 saturated carbocycles. The summed E-state index contributed by atoms with van der Waals surface area (Å²) >= 11 is 0. The lowest BCUT2D eigenvalue weighted by Gasteiger charge is -2.17. The van der Waals surface area contributed by atoms with E-state index in [1.54, 1.807) is 16.3 Å². The van der Waals surface area contributed by atoms with E-state index < -0.39 is 8.80 Å². The maximum absolute atomic E-state index is 2.52. The van der Waals surface area contributed by atoms with Gasteiger partial charge in [-0.15, -0.1) is 0 Å². The monoisotopic (exact) mass is 328 g/mol. The molecule has 0 aliphatic heterocycles. The molecule has 0 heterocycles. The van der Waals surface area contributed by atoms with Crippen LogP contribution in [-0.2, 0) is 0 Å². The number of allylic oxidation sites excluding steroid dienone is 4. The summed E-state index contributed by atoms with van der Waals surface area (Å²) in [4.78, 5) is 0. The van der Waals surface area contributed by atoms with Crippen molar-refractivity contribution in [3.05, 3.63) is 77.0 Å². The van der Waals surface area contributed by atoms with Gasteiger partial charge in [0, 0.05) is 0 Å². The second-order valence-electron chi connectivity index (χ2n) is 7.02. The van der Waals surface area contributed by atoms with Crippen LogP contribution < -0.4 is 0 Å². The van der Waals surface area contributed by atoms with Crippen molar-refractivity contribution >= 4 is 35.9 Å². The summed E-state index contributed by atoms with van der Waals surface area (Å²) in [5.74, 6) is 0. The molecule has 0 unspecified atom stereocenters. The highest BCUT2D eigenvalue weighted by atomic mass is 28.3. The molecule has 3 aromatic carbocycles. The molecule has 0 fully saturated rings. The van der Waals surface area contributed by atoms with E-state index in [1.165, 1.54) is 27.1 Å². The minimum Gasteiger partial charge on any atom is -0.0809 e. The lowest BCUT2D eigenvalue weighted by molar-refractivity contribution is 1.15. The minimum atomic E-state index is -0.782. The molecule has 1 aliphatic rings. The molecule has 0 atom stereocenters. The quantitative estimate of drug-likeness (QED) is 0.379. The van der Waals surface area contributed by atoms with Crippen molar-refractivity contribution in [1.82, 2.24) is 0 Å². The fourth-order valence-corrected chi connectivity index (χ4v) is 5.89. The summed E-state index contributed by atoms with van der Waals surface area (Å²) in [7, 11) is -0.782. The van der Waals surface area contributed by atoms with Gasteiger partial charge in [-0.3, -0.25) is 0 Å². The number of fused-ring (bicyclic) bond motifs is 2. The summed E-state index contributed by atoms with van der Waals surface area (Å²) in [6.45, 7) is 7.22. The topological polar surface area (TPSA) is 0 Å². The van der Waals surface area contributed by atoms with Gasteiger partial charge in [0.25, 0.3) is 0 Å². The van der Waals surface area contributed by atoms with Crippen molar-refractivity contribution in [1.29, 1.82) is 0 Å². The summed E-state index contributed by atoms with van der Waals surface area (Å²) in [6.07, 6.45) is 4.76. The Morgan fingerprint density at radius 3 is 2.00 bits per heavy atom. The first-order valence-corrected chi connectivity index (χ1v) is 11.9. The number of hydrogen-bond acceptors (Lipinski definition) is 0. The maximum Gasteiger partial charge on any atom is 0.0647 e. The van der Waals surface area contributed by atoms with Crippen LogP contribution in [0.3, 0.4) is 0 Å². The normalized spacial score (nSPS) is 14.9. The number of rotatable bonds is 3. The molecule has 0 spiro atoms. The molecule has 0 aromatic heterocycles. The van der Waals surface area contributed by atoms with E-state index >= 15 is 0 Å². The van der Waals surface area contributed by atoms with E-state index in [0.29, 0.717) is 0 Å². The van der Waals surface area contributed by atoms with Gasteiger partial charge in [-0.25, -0.2) is 0 Å². The summed E-state index contributed by atoms with van der Waals surface area (Å²) < 4.78 is 0. The van der Waals surface area contributed by atoms with Crippen LogP contribution in [0.5, 0.6) is 0 Å². The number of hydrogen-bond donors (Lipinski definition) is 0. The van der Waals surface area contributed by atoms with Gasteiger partial charge in [-0.05, 0) is 57.2 Å². The predicted molar refractivity (Wildman–Crippen MR) is 110 cm³/mol. The van der Waals surface area contributed by atoms with Gasteiger partial charge in [0.15, 0.2) is 0 Å². The molecular formula is C23H24Si. The molecule has 0 bridgehead atoms. The van der Waals surface area contributed by atoms with Crippen LogP contribution in [0.2, 0.25) is 13.1 Å². The fourth-order valence-electron chi connectivity index (χ4n) is 4.23. The van der Waals surface area contributed by atoms with Crippen molar-refractivity contribution in [2.45, 2.75) is 32.9 Å². The van der Waals surface area contributed by atoms with Crippen LogP contribution in [0.25, 0.3) is 27.1 Å². The first-order chi connectivity index (χ1) is 11.7. The molecule has 0 amide bonds. The fraction of sp³-hybridized carbons (Fsp3) is 0.217. The standard InChI is InChI=1S/C23H24Si/c1-4-18-21(13-14-22(18)24(2)3)23-19-11-7-5-9-16(19)15-17-10-6-8-12-20(17)23/h5-12,14-15,24H,4,13H2,1-3H3. The van der Waals surface area contributed by atoms with Gasteiger partial charge in [0.2, 0.25) is 0 Å². The highest BCUT2D eigenvalue weighted by molar-refractivity contribution is 6.65. The average molecular weight is 329 g/mol. The Hall–Kier alpha value is -2.12.